The molecule has 4 nitrogen and oxygen atoms in total. The molecule has 1 heterocycles. The average molecular weight is 255 g/mol. The number of carbonyl (C=O) groups excluding carboxylic acids is 1. The molecule has 0 aliphatic heterocycles. The lowest BCUT2D eigenvalue weighted by Crippen LogP contribution is -2.50. The van der Waals surface area contributed by atoms with Crippen LogP contribution in [0.3, 0.4) is 0 Å². The van der Waals surface area contributed by atoms with Gasteiger partial charge in [0.1, 0.15) is 0 Å². The first-order valence-corrected chi connectivity index (χ1v) is 5.97. The molecule has 92 valence electrons. The second-order valence-corrected chi connectivity index (χ2v) is 5.07. The first-order valence-electron chi connectivity index (χ1n) is 5.60. The lowest BCUT2D eigenvalue weighted by molar-refractivity contribution is 0.0824. The van der Waals surface area contributed by atoms with E-state index >= 15 is 0 Å². The summed E-state index contributed by atoms with van der Waals surface area (Å²) < 4.78 is 0. The highest BCUT2D eigenvalue weighted by Crippen LogP contribution is 2.39. The Morgan fingerprint density at radius 3 is 2.94 bits per heavy atom. The number of halogens is 1. The van der Waals surface area contributed by atoms with Crippen molar-refractivity contribution in [2.75, 3.05) is 6.61 Å². The maximum Gasteiger partial charge on any atom is 0.253 e. The van der Waals surface area contributed by atoms with Gasteiger partial charge in [0.25, 0.3) is 5.91 Å². The van der Waals surface area contributed by atoms with E-state index in [-0.39, 0.29) is 12.5 Å². The number of pyridine rings is 1. The highest BCUT2D eigenvalue weighted by atomic mass is 35.5. The molecule has 0 spiro atoms. The zero-order valence-electron chi connectivity index (χ0n) is 9.61. The van der Waals surface area contributed by atoms with Crippen LogP contribution in [0.4, 0.5) is 0 Å². The predicted molar refractivity (Wildman–Crippen MR) is 64.9 cm³/mol. The van der Waals surface area contributed by atoms with Gasteiger partial charge in [0.05, 0.1) is 22.7 Å². The maximum absolute atomic E-state index is 12.0. The smallest absolute Gasteiger partial charge is 0.253 e. The van der Waals surface area contributed by atoms with Crippen LogP contribution in [0.5, 0.6) is 0 Å². The van der Waals surface area contributed by atoms with Crippen LogP contribution >= 0.6 is 11.6 Å². The number of amides is 1. The number of aliphatic hydroxyl groups is 1. The summed E-state index contributed by atoms with van der Waals surface area (Å²) in [7, 11) is 0. The second kappa shape index (κ2) is 4.63. The van der Waals surface area contributed by atoms with Gasteiger partial charge >= 0.3 is 0 Å². The minimum atomic E-state index is -0.552. The molecule has 2 N–H and O–H groups in total. The van der Waals surface area contributed by atoms with Crippen molar-refractivity contribution in [1.82, 2.24) is 10.3 Å². The van der Waals surface area contributed by atoms with E-state index < -0.39 is 5.54 Å². The van der Waals surface area contributed by atoms with Gasteiger partial charge in [-0.1, -0.05) is 11.6 Å². The van der Waals surface area contributed by atoms with Gasteiger partial charge in [0.2, 0.25) is 0 Å². The quantitative estimate of drug-likeness (QED) is 0.858. The zero-order chi connectivity index (χ0) is 12.5. The van der Waals surface area contributed by atoms with E-state index in [0.29, 0.717) is 16.5 Å². The van der Waals surface area contributed by atoms with Crippen LogP contribution in [0.25, 0.3) is 0 Å². The number of aromatic nitrogens is 1. The third-order valence-corrected chi connectivity index (χ3v) is 3.52. The summed E-state index contributed by atoms with van der Waals surface area (Å²) in [5.41, 5.74) is -0.161. The molecule has 1 amide bonds. The van der Waals surface area contributed by atoms with Crippen LogP contribution in [-0.2, 0) is 0 Å². The minimum absolute atomic E-state index is 0.0634. The molecule has 0 bridgehead atoms. The molecule has 17 heavy (non-hydrogen) atoms. The van der Waals surface area contributed by atoms with Crippen LogP contribution in [0, 0.1) is 5.92 Å². The predicted octanol–water partition coefficient (Wildman–Crippen LogP) is 1.63. The van der Waals surface area contributed by atoms with Crippen molar-refractivity contribution >= 4 is 17.5 Å². The van der Waals surface area contributed by atoms with Gasteiger partial charge in [-0.15, -0.1) is 0 Å². The fourth-order valence-corrected chi connectivity index (χ4v) is 2.08. The van der Waals surface area contributed by atoms with Crippen LogP contribution in [0.2, 0.25) is 5.02 Å². The molecule has 5 heteroatoms. The van der Waals surface area contributed by atoms with E-state index in [9.17, 15) is 9.90 Å². The Bertz CT molecular complexity index is 434. The van der Waals surface area contributed by atoms with Gasteiger partial charge in [-0.05, 0) is 31.7 Å². The van der Waals surface area contributed by atoms with Crippen LogP contribution in [0.1, 0.15) is 30.1 Å². The van der Waals surface area contributed by atoms with E-state index in [4.69, 9.17) is 11.6 Å². The zero-order valence-corrected chi connectivity index (χ0v) is 10.4. The molecule has 0 saturated heterocycles. The van der Waals surface area contributed by atoms with Crippen molar-refractivity contribution in [2.45, 2.75) is 25.3 Å². The Morgan fingerprint density at radius 1 is 1.71 bits per heavy atom. The van der Waals surface area contributed by atoms with Crippen molar-refractivity contribution in [1.29, 1.82) is 0 Å². The molecule has 0 radical (unpaired) electrons. The monoisotopic (exact) mass is 254 g/mol. The summed E-state index contributed by atoms with van der Waals surface area (Å²) in [6, 6.07) is 1.57. The summed E-state index contributed by atoms with van der Waals surface area (Å²) in [5, 5.41) is 12.6. The van der Waals surface area contributed by atoms with Crippen molar-refractivity contribution in [3.05, 3.63) is 29.0 Å². The van der Waals surface area contributed by atoms with Crippen LogP contribution in [0.15, 0.2) is 18.5 Å². The van der Waals surface area contributed by atoms with E-state index in [1.54, 1.807) is 6.07 Å². The van der Waals surface area contributed by atoms with Gasteiger partial charge in [-0.3, -0.25) is 9.78 Å². The van der Waals surface area contributed by atoms with Crippen molar-refractivity contribution in [2.24, 2.45) is 5.92 Å². The second-order valence-electron chi connectivity index (χ2n) is 4.66. The summed E-state index contributed by atoms with van der Waals surface area (Å²) in [5.74, 6) is 0.0953. The number of carbonyl (C=O) groups is 1. The Balaban J connectivity index is 2.13. The minimum Gasteiger partial charge on any atom is -0.394 e. The van der Waals surface area contributed by atoms with Gasteiger partial charge in [0, 0.05) is 12.4 Å². The highest BCUT2D eigenvalue weighted by molar-refractivity contribution is 6.33. The Labute approximate surface area is 105 Å². The largest absolute Gasteiger partial charge is 0.394 e. The Kier molecular flexibility index (Phi) is 3.35. The maximum atomic E-state index is 12.0. The molecule has 1 atom stereocenters. The van der Waals surface area contributed by atoms with Crippen LogP contribution in [-0.4, -0.2) is 28.1 Å². The first kappa shape index (κ1) is 12.3. The van der Waals surface area contributed by atoms with Gasteiger partial charge in [-0.25, -0.2) is 0 Å². The fourth-order valence-electron chi connectivity index (χ4n) is 1.88. The van der Waals surface area contributed by atoms with E-state index in [1.165, 1.54) is 12.4 Å². The van der Waals surface area contributed by atoms with E-state index in [0.717, 1.165) is 12.8 Å². The molecule has 1 aliphatic rings. The molecule has 0 aromatic carbocycles. The number of hydrogen-bond acceptors (Lipinski definition) is 3. The summed E-state index contributed by atoms with van der Waals surface area (Å²) in [6.07, 6.45) is 5.04. The standard InChI is InChI=1S/C12H15ClN2O2/c1-12(7-16,8-2-3-8)15-11(17)9-4-5-14-6-10(9)13/h4-6,8,16H,2-3,7H2,1H3,(H,15,17). The number of nitrogens with one attached hydrogen (secondary N) is 1. The van der Waals surface area contributed by atoms with Gasteiger partial charge in [-0.2, -0.15) is 0 Å². The van der Waals surface area contributed by atoms with Crippen LogP contribution < -0.4 is 5.32 Å². The van der Waals surface area contributed by atoms with E-state index in [2.05, 4.69) is 10.3 Å². The molecule has 1 saturated carbocycles. The molecule has 1 aromatic heterocycles. The van der Waals surface area contributed by atoms with Crippen molar-refractivity contribution in [3.8, 4) is 0 Å². The number of rotatable bonds is 4. The molecule has 2 rings (SSSR count). The Hall–Kier alpha value is -1.13. The molecular formula is C12H15ClN2O2. The molecule has 1 fully saturated rings. The van der Waals surface area contributed by atoms with Crippen molar-refractivity contribution in [3.63, 3.8) is 0 Å². The van der Waals surface area contributed by atoms with Crippen molar-refractivity contribution < 1.29 is 9.90 Å². The molecular weight excluding hydrogens is 240 g/mol. The lowest BCUT2D eigenvalue weighted by Gasteiger charge is -2.28. The molecule has 1 aliphatic carbocycles. The average Bonchev–Trinajstić information content (AvgIpc) is 3.13. The van der Waals surface area contributed by atoms with E-state index in [1.807, 2.05) is 6.92 Å². The highest BCUT2D eigenvalue weighted by Gasteiger charge is 2.42. The lowest BCUT2D eigenvalue weighted by atomic mass is 9.96. The third kappa shape index (κ3) is 2.58. The number of hydrogen-bond donors (Lipinski definition) is 2. The Morgan fingerprint density at radius 2 is 2.41 bits per heavy atom. The number of nitrogens with zero attached hydrogens (tertiary/aromatic N) is 1. The molecule has 1 aromatic rings. The summed E-state index contributed by atoms with van der Waals surface area (Å²) in [6.45, 7) is 1.80. The summed E-state index contributed by atoms with van der Waals surface area (Å²) >= 11 is 5.90. The first-order chi connectivity index (χ1) is 8.07. The van der Waals surface area contributed by atoms with Gasteiger partial charge in [0.15, 0.2) is 0 Å². The SMILES string of the molecule is CC(CO)(NC(=O)c1ccncc1Cl)C1CC1. The topological polar surface area (TPSA) is 62.2 Å². The fraction of sp³-hybridized carbons (Fsp3) is 0.500. The summed E-state index contributed by atoms with van der Waals surface area (Å²) in [4.78, 5) is 15.9. The third-order valence-electron chi connectivity index (χ3n) is 3.22. The van der Waals surface area contributed by atoms with Gasteiger partial charge < -0.3 is 10.4 Å². The molecule has 1 unspecified atom stereocenters. The normalized spacial score (nSPS) is 18.5. The number of aliphatic hydroxyl groups excluding tert-OH is 1.